The summed E-state index contributed by atoms with van der Waals surface area (Å²) in [6.07, 6.45) is 1.21. The van der Waals surface area contributed by atoms with Gasteiger partial charge in [0.2, 0.25) is 0 Å². The highest BCUT2D eigenvalue weighted by Gasteiger charge is 2.37. The number of hydrogen-bond acceptors (Lipinski definition) is 8. The largest absolute Gasteiger partial charge is 0.493 e. The molecule has 2 aromatic carbocycles. The van der Waals surface area contributed by atoms with Gasteiger partial charge >= 0.3 is 12.0 Å². The van der Waals surface area contributed by atoms with Crippen LogP contribution in [0, 0.1) is 10.1 Å². The lowest BCUT2D eigenvalue weighted by Gasteiger charge is -2.26. The molecular weight excluding hydrogens is 426 g/mol. The quantitative estimate of drug-likeness (QED) is 0.282. The number of urea groups is 1. The number of nitrogens with zero attached hydrogens (tertiary/aromatic N) is 2. The second-order valence-corrected chi connectivity index (χ2v) is 6.32. The predicted molar refractivity (Wildman–Crippen MR) is 108 cm³/mol. The van der Waals surface area contributed by atoms with Gasteiger partial charge < -0.3 is 14.6 Å². The number of carboxylic acids is 1. The van der Waals surface area contributed by atoms with Crippen molar-refractivity contribution in [2.24, 2.45) is 0 Å². The van der Waals surface area contributed by atoms with E-state index in [2.05, 4.69) is 0 Å². The molecule has 1 heterocycles. The number of non-ortho nitro benzene ring substituents is 1. The minimum atomic E-state index is -1.18. The number of anilines is 1. The van der Waals surface area contributed by atoms with Crippen LogP contribution < -0.4 is 19.7 Å². The lowest BCUT2D eigenvalue weighted by atomic mass is 10.1. The number of barbiturate groups is 1. The Kier molecular flexibility index (Phi) is 6.14. The molecule has 1 fully saturated rings. The van der Waals surface area contributed by atoms with Gasteiger partial charge in [-0.3, -0.25) is 25.0 Å². The first-order valence-corrected chi connectivity index (χ1v) is 8.90. The summed E-state index contributed by atoms with van der Waals surface area (Å²) in [7, 11) is 1.33. The van der Waals surface area contributed by atoms with Crippen molar-refractivity contribution in [2.45, 2.75) is 0 Å². The number of carbonyl (C=O) groups excluding carboxylic acids is 3. The topological polar surface area (TPSA) is 165 Å². The fourth-order valence-electron chi connectivity index (χ4n) is 2.81. The van der Waals surface area contributed by atoms with Crippen molar-refractivity contribution < 1.29 is 38.7 Å². The Morgan fingerprint density at radius 2 is 1.84 bits per heavy atom. The fourth-order valence-corrected chi connectivity index (χ4v) is 2.81. The predicted octanol–water partition coefficient (Wildman–Crippen LogP) is 1.73. The zero-order valence-electron chi connectivity index (χ0n) is 16.4. The molecular formula is C20H15N3O9. The van der Waals surface area contributed by atoms with Crippen LogP contribution in [-0.2, 0) is 14.4 Å². The Morgan fingerprint density at radius 3 is 2.44 bits per heavy atom. The summed E-state index contributed by atoms with van der Waals surface area (Å²) in [4.78, 5) is 58.9. The molecule has 0 bridgehead atoms. The minimum Gasteiger partial charge on any atom is -0.493 e. The van der Waals surface area contributed by atoms with Gasteiger partial charge in [0.05, 0.1) is 17.7 Å². The van der Waals surface area contributed by atoms with Crippen LogP contribution in [0.2, 0.25) is 0 Å². The van der Waals surface area contributed by atoms with Crippen molar-refractivity contribution in [2.75, 3.05) is 18.6 Å². The van der Waals surface area contributed by atoms with Crippen LogP contribution in [0.5, 0.6) is 11.5 Å². The number of benzene rings is 2. The van der Waals surface area contributed by atoms with Crippen LogP contribution in [0.25, 0.3) is 6.08 Å². The maximum atomic E-state index is 12.9. The number of ether oxygens (including phenoxy) is 2. The van der Waals surface area contributed by atoms with E-state index in [1.807, 2.05) is 5.32 Å². The fraction of sp³-hybridized carbons (Fsp3) is 0.100. The molecule has 0 aromatic heterocycles. The van der Waals surface area contributed by atoms with Gasteiger partial charge in [0.1, 0.15) is 5.57 Å². The number of imide groups is 2. The van der Waals surface area contributed by atoms with Crippen LogP contribution in [0.4, 0.5) is 16.2 Å². The van der Waals surface area contributed by atoms with Gasteiger partial charge in [-0.15, -0.1) is 0 Å². The Morgan fingerprint density at radius 1 is 1.16 bits per heavy atom. The molecule has 1 aliphatic heterocycles. The zero-order chi connectivity index (χ0) is 23.4. The molecule has 1 saturated heterocycles. The standard InChI is InChI=1S/C20H15N3O9/c1-31-16-9-11(2-7-15(16)32-10-17(24)25)8-14-18(26)21-20(28)22(19(14)27)12-3-5-13(6-4-12)23(29)30/h2-9H,10H2,1H3,(H,24,25)(H,21,26,28)/b14-8-. The van der Waals surface area contributed by atoms with Crippen molar-refractivity contribution in [3.05, 3.63) is 63.7 Å². The summed E-state index contributed by atoms with van der Waals surface area (Å²) in [5.74, 6) is -2.74. The van der Waals surface area contributed by atoms with Gasteiger partial charge in [-0.1, -0.05) is 6.07 Å². The number of nitro groups is 1. The highest BCUT2D eigenvalue weighted by Crippen LogP contribution is 2.30. The molecule has 0 radical (unpaired) electrons. The molecule has 3 rings (SSSR count). The molecule has 0 atom stereocenters. The van der Waals surface area contributed by atoms with Crippen molar-refractivity contribution in [3.8, 4) is 11.5 Å². The number of hydrogen-bond donors (Lipinski definition) is 2. The summed E-state index contributed by atoms with van der Waals surface area (Å²) >= 11 is 0. The second-order valence-electron chi connectivity index (χ2n) is 6.32. The summed E-state index contributed by atoms with van der Waals surface area (Å²) in [6.45, 7) is -0.593. The molecule has 12 heteroatoms. The minimum absolute atomic E-state index is 0.0338. The van der Waals surface area contributed by atoms with Crippen molar-refractivity contribution in [1.29, 1.82) is 0 Å². The number of rotatable bonds is 7. The van der Waals surface area contributed by atoms with Gasteiger partial charge in [0.15, 0.2) is 18.1 Å². The molecule has 2 N–H and O–H groups in total. The van der Waals surface area contributed by atoms with Gasteiger partial charge in [0.25, 0.3) is 17.5 Å². The summed E-state index contributed by atoms with van der Waals surface area (Å²) in [5, 5.41) is 21.6. The number of aliphatic carboxylic acids is 1. The Bertz CT molecular complexity index is 1160. The zero-order valence-corrected chi connectivity index (χ0v) is 16.4. The maximum absolute atomic E-state index is 12.9. The monoisotopic (exact) mass is 441 g/mol. The van der Waals surface area contributed by atoms with Gasteiger partial charge in [0, 0.05) is 12.1 Å². The van der Waals surface area contributed by atoms with Gasteiger partial charge in [-0.05, 0) is 35.9 Å². The number of nitrogens with one attached hydrogen (secondary N) is 1. The highest BCUT2D eigenvalue weighted by atomic mass is 16.6. The molecule has 164 valence electrons. The third kappa shape index (κ3) is 4.53. The molecule has 4 amide bonds. The van der Waals surface area contributed by atoms with Crippen LogP contribution >= 0.6 is 0 Å². The smallest absolute Gasteiger partial charge is 0.341 e. The lowest BCUT2D eigenvalue weighted by Crippen LogP contribution is -2.54. The third-order valence-electron chi connectivity index (χ3n) is 4.27. The van der Waals surface area contributed by atoms with E-state index >= 15 is 0 Å². The molecule has 0 unspecified atom stereocenters. The lowest BCUT2D eigenvalue weighted by molar-refractivity contribution is -0.384. The number of carboxylic acid groups (broad SMARTS) is 1. The molecule has 0 aliphatic carbocycles. The highest BCUT2D eigenvalue weighted by molar-refractivity contribution is 6.39. The van der Waals surface area contributed by atoms with E-state index in [0.717, 1.165) is 12.1 Å². The Labute approximate surface area is 179 Å². The van der Waals surface area contributed by atoms with E-state index in [0.29, 0.717) is 10.5 Å². The van der Waals surface area contributed by atoms with Crippen LogP contribution in [0.1, 0.15) is 5.56 Å². The number of nitro benzene ring substituents is 1. The molecule has 12 nitrogen and oxygen atoms in total. The third-order valence-corrected chi connectivity index (χ3v) is 4.27. The first-order valence-electron chi connectivity index (χ1n) is 8.90. The summed E-state index contributed by atoms with van der Waals surface area (Å²) in [5.41, 5.74) is -0.237. The number of carbonyl (C=O) groups is 4. The van der Waals surface area contributed by atoms with E-state index in [-0.39, 0.29) is 28.4 Å². The van der Waals surface area contributed by atoms with E-state index < -0.39 is 35.3 Å². The van der Waals surface area contributed by atoms with Crippen LogP contribution in [-0.4, -0.2) is 47.6 Å². The second kappa shape index (κ2) is 8.95. The van der Waals surface area contributed by atoms with E-state index in [1.165, 1.54) is 43.5 Å². The van der Waals surface area contributed by atoms with Crippen LogP contribution in [0.15, 0.2) is 48.0 Å². The molecule has 0 saturated carbocycles. The average molecular weight is 441 g/mol. The molecule has 1 aliphatic rings. The number of amides is 4. The summed E-state index contributed by atoms with van der Waals surface area (Å²) in [6, 6.07) is 7.94. The Hall–Kier alpha value is -4.74. The summed E-state index contributed by atoms with van der Waals surface area (Å²) < 4.78 is 10.2. The van der Waals surface area contributed by atoms with E-state index in [9.17, 15) is 29.3 Å². The van der Waals surface area contributed by atoms with Crippen LogP contribution in [0.3, 0.4) is 0 Å². The van der Waals surface area contributed by atoms with Crippen molar-refractivity contribution in [3.63, 3.8) is 0 Å². The number of methoxy groups -OCH3 is 1. The molecule has 32 heavy (non-hydrogen) atoms. The van der Waals surface area contributed by atoms with Crippen molar-refractivity contribution >= 4 is 41.3 Å². The average Bonchev–Trinajstić information content (AvgIpc) is 2.75. The first-order chi connectivity index (χ1) is 15.2. The van der Waals surface area contributed by atoms with E-state index in [1.54, 1.807) is 0 Å². The normalized spacial score (nSPS) is 14.8. The maximum Gasteiger partial charge on any atom is 0.341 e. The van der Waals surface area contributed by atoms with Gasteiger partial charge in [-0.25, -0.2) is 14.5 Å². The van der Waals surface area contributed by atoms with Gasteiger partial charge in [-0.2, -0.15) is 0 Å². The SMILES string of the molecule is COc1cc(/C=C2/C(=O)NC(=O)N(c3ccc([N+](=O)[O-])cc3)C2=O)ccc1OCC(=O)O. The Balaban J connectivity index is 1.93. The molecule has 0 spiro atoms. The van der Waals surface area contributed by atoms with Crippen molar-refractivity contribution in [1.82, 2.24) is 5.32 Å². The first kappa shape index (κ1) is 22.0. The van der Waals surface area contributed by atoms with E-state index in [4.69, 9.17) is 14.6 Å². The molecule has 2 aromatic rings.